The molecule has 0 saturated carbocycles. The van der Waals surface area contributed by atoms with Crippen LogP contribution in [0.15, 0.2) is 18.2 Å². The lowest BCUT2D eigenvalue weighted by Gasteiger charge is -2.08. The van der Waals surface area contributed by atoms with Crippen LogP contribution in [0.3, 0.4) is 0 Å². The highest BCUT2D eigenvalue weighted by Crippen LogP contribution is 2.25. The molecule has 5 nitrogen and oxygen atoms in total. The van der Waals surface area contributed by atoms with E-state index < -0.39 is 0 Å². The second-order valence-electron chi connectivity index (χ2n) is 3.67. The van der Waals surface area contributed by atoms with Gasteiger partial charge in [-0.15, -0.1) is 0 Å². The van der Waals surface area contributed by atoms with E-state index in [1.807, 2.05) is 13.8 Å². The minimum Gasteiger partial charge on any atom is -0.379 e. The molecule has 0 spiro atoms. The van der Waals surface area contributed by atoms with Gasteiger partial charge in [-0.25, -0.2) is 0 Å². The van der Waals surface area contributed by atoms with Crippen LogP contribution in [0, 0.1) is 10.1 Å². The third-order valence-corrected chi connectivity index (χ3v) is 2.30. The highest BCUT2D eigenvalue weighted by atomic mass is 16.6. The van der Waals surface area contributed by atoms with Crippen molar-refractivity contribution in [2.75, 3.05) is 18.5 Å². The van der Waals surface area contributed by atoms with Crippen molar-refractivity contribution in [2.24, 2.45) is 0 Å². The Morgan fingerprint density at radius 1 is 1.41 bits per heavy atom. The number of rotatable bonds is 7. The largest absolute Gasteiger partial charge is 0.379 e. The van der Waals surface area contributed by atoms with Crippen LogP contribution in [0.2, 0.25) is 0 Å². The van der Waals surface area contributed by atoms with Gasteiger partial charge in [0.05, 0.1) is 11.5 Å². The van der Waals surface area contributed by atoms with E-state index in [0.717, 1.165) is 18.5 Å². The van der Waals surface area contributed by atoms with Crippen LogP contribution >= 0.6 is 0 Å². The van der Waals surface area contributed by atoms with Gasteiger partial charge in [0, 0.05) is 19.2 Å². The number of hydrogen-bond acceptors (Lipinski definition) is 4. The first-order valence-electron chi connectivity index (χ1n) is 5.78. The zero-order valence-corrected chi connectivity index (χ0v) is 10.2. The van der Waals surface area contributed by atoms with Crippen LogP contribution in [-0.4, -0.2) is 18.1 Å². The summed E-state index contributed by atoms with van der Waals surface area (Å²) in [5.41, 5.74) is 1.61. The van der Waals surface area contributed by atoms with Crippen LogP contribution in [0.5, 0.6) is 0 Å². The summed E-state index contributed by atoms with van der Waals surface area (Å²) in [4.78, 5) is 10.5. The van der Waals surface area contributed by atoms with E-state index in [2.05, 4.69) is 5.32 Å². The molecule has 0 saturated heterocycles. The van der Waals surface area contributed by atoms with Gasteiger partial charge in [-0.3, -0.25) is 10.1 Å². The van der Waals surface area contributed by atoms with Crippen LogP contribution in [0.1, 0.15) is 25.8 Å². The first-order valence-corrected chi connectivity index (χ1v) is 5.78. The molecule has 0 bridgehead atoms. The lowest BCUT2D eigenvalue weighted by atomic mass is 10.2. The lowest BCUT2D eigenvalue weighted by molar-refractivity contribution is -0.384. The van der Waals surface area contributed by atoms with Crippen molar-refractivity contribution in [1.29, 1.82) is 0 Å². The molecule has 0 fully saturated rings. The summed E-state index contributed by atoms with van der Waals surface area (Å²) in [6, 6.07) is 5.03. The van der Waals surface area contributed by atoms with Crippen LogP contribution in [0.4, 0.5) is 11.4 Å². The number of hydrogen-bond donors (Lipinski definition) is 1. The molecule has 0 radical (unpaired) electrons. The van der Waals surface area contributed by atoms with E-state index in [-0.39, 0.29) is 10.6 Å². The maximum Gasteiger partial charge on any atom is 0.292 e. The normalized spacial score (nSPS) is 10.2. The van der Waals surface area contributed by atoms with Gasteiger partial charge in [-0.05, 0) is 31.0 Å². The summed E-state index contributed by atoms with van der Waals surface area (Å²) in [6.07, 6.45) is 0.923. The maximum atomic E-state index is 10.8. The van der Waals surface area contributed by atoms with E-state index in [1.165, 1.54) is 6.07 Å². The molecule has 0 unspecified atom stereocenters. The number of nitro groups is 1. The van der Waals surface area contributed by atoms with Crippen molar-refractivity contribution in [3.05, 3.63) is 33.9 Å². The summed E-state index contributed by atoms with van der Waals surface area (Å²) >= 11 is 0. The Morgan fingerprint density at radius 2 is 2.18 bits per heavy atom. The number of benzene rings is 1. The van der Waals surface area contributed by atoms with Gasteiger partial charge in [0.25, 0.3) is 5.69 Å². The zero-order chi connectivity index (χ0) is 12.7. The lowest BCUT2D eigenvalue weighted by Crippen LogP contribution is -2.04. The molecule has 1 aromatic rings. The Labute approximate surface area is 101 Å². The number of anilines is 1. The average Bonchev–Trinajstić information content (AvgIpc) is 2.33. The molecule has 0 amide bonds. The summed E-state index contributed by atoms with van der Waals surface area (Å²) in [5, 5.41) is 13.9. The SMILES string of the molecule is CCCNc1cc(COCC)ccc1[N+](=O)[O-]. The van der Waals surface area contributed by atoms with Gasteiger partial charge >= 0.3 is 0 Å². The Balaban J connectivity index is 2.88. The predicted molar refractivity (Wildman–Crippen MR) is 67.2 cm³/mol. The van der Waals surface area contributed by atoms with Crippen molar-refractivity contribution in [3.63, 3.8) is 0 Å². The van der Waals surface area contributed by atoms with Crippen molar-refractivity contribution in [1.82, 2.24) is 0 Å². The molecular formula is C12H18N2O3. The fourth-order valence-electron chi connectivity index (χ4n) is 1.45. The Kier molecular flexibility index (Phi) is 5.42. The van der Waals surface area contributed by atoms with Crippen LogP contribution < -0.4 is 5.32 Å². The molecule has 1 aromatic carbocycles. The molecule has 17 heavy (non-hydrogen) atoms. The van der Waals surface area contributed by atoms with Gasteiger partial charge in [-0.1, -0.05) is 6.92 Å². The van der Waals surface area contributed by atoms with Gasteiger partial charge in [-0.2, -0.15) is 0 Å². The van der Waals surface area contributed by atoms with Crippen LogP contribution in [0.25, 0.3) is 0 Å². The van der Waals surface area contributed by atoms with E-state index in [9.17, 15) is 10.1 Å². The molecule has 0 heterocycles. The number of nitrogens with zero attached hydrogens (tertiary/aromatic N) is 1. The van der Waals surface area contributed by atoms with Gasteiger partial charge in [0.15, 0.2) is 0 Å². The fraction of sp³-hybridized carbons (Fsp3) is 0.500. The topological polar surface area (TPSA) is 64.4 Å². The molecule has 1 N–H and O–H groups in total. The van der Waals surface area contributed by atoms with Crippen LogP contribution in [-0.2, 0) is 11.3 Å². The third kappa shape index (κ3) is 4.03. The highest BCUT2D eigenvalue weighted by Gasteiger charge is 2.13. The van der Waals surface area contributed by atoms with E-state index in [1.54, 1.807) is 12.1 Å². The van der Waals surface area contributed by atoms with E-state index in [0.29, 0.717) is 18.9 Å². The molecule has 0 aliphatic carbocycles. The summed E-state index contributed by atoms with van der Waals surface area (Å²) in [5.74, 6) is 0. The third-order valence-electron chi connectivity index (χ3n) is 2.30. The molecule has 0 atom stereocenters. The zero-order valence-electron chi connectivity index (χ0n) is 10.2. The molecule has 5 heteroatoms. The number of nitrogens with one attached hydrogen (secondary N) is 1. The van der Waals surface area contributed by atoms with Crippen molar-refractivity contribution in [2.45, 2.75) is 26.9 Å². The minimum absolute atomic E-state index is 0.110. The first kappa shape index (κ1) is 13.4. The second-order valence-corrected chi connectivity index (χ2v) is 3.67. The molecule has 94 valence electrons. The number of nitro benzene ring substituents is 1. The Bertz CT molecular complexity index is 380. The summed E-state index contributed by atoms with van der Waals surface area (Å²) in [7, 11) is 0. The van der Waals surface area contributed by atoms with E-state index >= 15 is 0 Å². The minimum atomic E-state index is -0.373. The maximum absolute atomic E-state index is 10.8. The molecule has 0 aliphatic rings. The number of ether oxygens (including phenoxy) is 1. The molecule has 1 rings (SSSR count). The molecule has 0 aromatic heterocycles. The average molecular weight is 238 g/mol. The Morgan fingerprint density at radius 3 is 2.76 bits per heavy atom. The van der Waals surface area contributed by atoms with Gasteiger partial charge < -0.3 is 10.1 Å². The standard InChI is InChI=1S/C12H18N2O3/c1-3-7-13-11-8-10(9-17-4-2)5-6-12(11)14(15)16/h5-6,8,13H,3-4,7,9H2,1-2H3. The first-order chi connectivity index (χ1) is 8.19. The quantitative estimate of drug-likeness (QED) is 0.586. The Hall–Kier alpha value is -1.62. The molecule has 0 aliphatic heterocycles. The second kappa shape index (κ2) is 6.85. The van der Waals surface area contributed by atoms with Crippen molar-refractivity contribution < 1.29 is 9.66 Å². The van der Waals surface area contributed by atoms with Crippen molar-refractivity contribution in [3.8, 4) is 0 Å². The fourth-order valence-corrected chi connectivity index (χ4v) is 1.45. The predicted octanol–water partition coefficient (Wildman–Crippen LogP) is 2.95. The van der Waals surface area contributed by atoms with Gasteiger partial charge in [0.2, 0.25) is 0 Å². The monoisotopic (exact) mass is 238 g/mol. The highest BCUT2D eigenvalue weighted by molar-refractivity contribution is 5.62. The van der Waals surface area contributed by atoms with Gasteiger partial charge in [0.1, 0.15) is 5.69 Å². The van der Waals surface area contributed by atoms with Crippen molar-refractivity contribution >= 4 is 11.4 Å². The van der Waals surface area contributed by atoms with E-state index in [4.69, 9.17) is 4.74 Å². The molecular weight excluding hydrogens is 220 g/mol. The smallest absolute Gasteiger partial charge is 0.292 e. The summed E-state index contributed by atoms with van der Waals surface area (Å²) in [6.45, 7) is 5.77. The summed E-state index contributed by atoms with van der Waals surface area (Å²) < 4.78 is 5.28.